The van der Waals surface area contributed by atoms with Gasteiger partial charge in [0.2, 0.25) is 0 Å². The minimum atomic E-state index is -0.167. The molecule has 3 aliphatic rings. The third-order valence-electron chi connectivity index (χ3n) is 5.83. The summed E-state index contributed by atoms with van der Waals surface area (Å²) in [5, 5.41) is 19.6. The predicted molar refractivity (Wildman–Crippen MR) is 70.7 cm³/mol. The van der Waals surface area contributed by atoms with Crippen molar-refractivity contribution in [2.75, 3.05) is 0 Å². The zero-order valence-corrected chi connectivity index (χ0v) is 11.2. The maximum atomic E-state index is 10.2. The van der Waals surface area contributed by atoms with Crippen molar-refractivity contribution in [3.63, 3.8) is 0 Å². The van der Waals surface area contributed by atoms with Crippen LogP contribution in [0.3, 0.4) is 0 Å². The minimum absolute atomic E-state index is 0.0432. The van der Waals surface area contributed by atoms with E-state index in [1.807, 2.05) is 12.1 Å². The van der Waals surface area contributed by atoms with Crippen LogP contribution < -0.4 is 0 Å². The fourth-order valence-electron chi connectivity index (χ4n) is 4.42. The zero-order chi connectivity index (χ0) is 13.3. The van der Waals surface area contributed by atoms with Gasteiger partial charge in [-0.1, -0.05) is 19.1 Å². The van der Waals surface area contributed by atoms with Crippen molar-refractivity contribution in [1.29, 1.82) is 0 Å². The first kappa shape index (κ1) is 11.7. The number of hydrogen-bond donors (Lipinski definition) is 2. The number of phenolic OH excluding ortho intramolecular Hbond substituents is 1. The topological polar surface area (TPSA) is 53.0 Å². The van der Waals surface area contributed by atoms with E-state index < -0.39 is 0 Å². The highest BCUT2D eigenvalue weighted by Gasteiger charge is 2.67. The van der Waals surface area contributed by atoms with E-state index in [0.29, 0.717) is 11.7 Å². The highest BCUT2D eigenvalue weighted by molar-refractivity contribution is 5.36. The Bertz CT molecular complexity index is 511. The lowest BCUT2D eigenvalue weighted by atomic mass is 9.64. The standard InChI is InChI=1S/C16H20O3/c1-15-9-14-16(19-14,8-11(15)4-7-13(15)18)10-2-5-12(17)6-3-10/h2-3,5-6,11,13-14,17-18H,4,7-9H2,1H3. The molecule has 0 amide bonds. The Morgan fingerprint density at radius 1 is 1.16 bits per heavy atom. The smallest absolute Gasteiger partial charge is 0.120 e. The normalized spacial score (nSPS) is 47.6. The zero-order valence-electron chi connectivity index (χ0n) is 11.2. The quantitative estimate of drug-likeness (QED) is 0.763. The molecule has 0 spiro atoms. The molecule has 102 valence electrons. The number of rotatable bonds is 1. The van der Waals surface area contributed by atoms with Crippen LogP contribution in [0.2, 0.25) is 0 Å². The maximum Gasteiger partial charge on any atom is 0.120 e. The second-order valence-corrected chi connectivity index (χ2v) is 6.75. The Morgan fingerprint density at radius 2 is 1.89 bits per heavy atom. The van der Waals surface area contributed by atoms with Crippen LogP contribution in [0.15, 0.2) is 24.3 Å². The Hall–Kier alpha value is -1.06. The van der Waals surface area contributed by atoms with Crippen LogP contribution >= 0.6 is 0 Å². The third-order valence-corrected chi connectivity index (χ3v) is 5.83. The molecule has 2 N–H and O–H groups in total. The second-order valence-electron chi connectivity index (χ2n) is 6.75. The second kappa shape index (κ2) is 3.53. The molecule has 0 aromatic heterocycles. The van der Waals surface area contributed by atoms with Gasteiger partial charge in [-0.25, -0.2) is 0 Å². The monoisotopic (exact) mass is 260 g/mol. The molecule has 1 heterocycles. The summed E-state index contributed by atoms with van der Waals surface area (Å²) in [5.41, 5.74) is 1.09. The lowest BCUT2D eigenvalue weighted by Gasteiger charge is -2.39. The van der Waals surface area contributed by atoms with E-state index in [-0.39, 0.29) is 23.2 Å². The van der Waals surface area contributed by atoms with Crippen LogP contribution in [-0.4, -0.2) is 22.4 Å². The van der Waals surface area contributed by atoms with Crippen molar-refractivity contribution in [3.05, 3.63) is 29.8 Å². The van der Waals surface area contributed by atoms with Gasteiger partial charge in [0.1, 0.15) is 11.4 Å². The molecule has 1 aromatic carbocycles. The first-order valence-corrected chi connectivity index (χ1v) is 7.20. The van der Waals surface area contributed by atoms with Gasteiger partial charge in [0.05, 0.1) is 12.2 Å². The first-order valence-electron chi connectivity index (χ1n) is 7.20. The summed E-state index contributed by atoms with van der Waals surface area (Å²) in [6, 6.07) is 7.42. The summed E-state index contributed by atoms with van der Waals surface area (Å²) in [5.74, 6) is 0.851. The SMILES string of the molecule is CC12CC3OC3(c3ccc(O)cc3)CC1CCC2O. The summed E-state index contributed by atoms with van der Waals surface area (Å²) < 4.78 is 6.05. The molecule has 1 aliphatic heterocycles. The number of aromatic hydroxyl groups is 1. The molecular weight excluding hydrogens is 240 g/mol. The number of phenols is 1. The average Bonchev–Trinajstić information content (AvgIpc) is 3.02. The van der Waals surface area contributed by atoms with Crippen molar-refractivity contribution in [1.82, 2.24) is 0 Å². The first-order chi connectivity index (χ1) is 9.04. The Kier molecular flexibility index (Phi) is 2.18. The van der Waals surface area contributed by atoms with E-state index in [1.54, 1.807) is 12.1 Å². The maximum absolute atomic E-state index is 10.2. The molecule has 3 nitrogen and oxygen atoms in total. The van der Waals surface area contributed by atoms with E-state index in [9.17, 15) is 10.2 Å². The van der Waals surface area contributed by atoms with Gasteiger partial charge in [0, 0.05) is 0 Å². The number of aliphatic hydroxyl groups excluding tert-OH is 1. The average molecular weight is 260 g/mol. The number of aliphatic hydroxyl groups is 1. The Balaban J connectivity index is 1.65. The van der Waals surface area contributed by atoms with Gasteiger partial charge in [-0.2, -0.15) is 0 Å². The van der Waals surface area contributed by atoms with Gasteiger partial charge in [-0.05, 0) is 54.7 Å². The number of epoxide rings is 1. The van der Waals surface area contributed by atoms with Crippen LogP contribution in [0.1, 0.15) is 38.2 Å². The van der Waals surface area contributed by atoms with E-state index in [4.69, 9.17) is 4.74 Å². The van der Waals surface area contributed by atoms with Crippen LogP contribution in [0.4, 0.5) is 0 Å². The molecule has 3 heteroatoms. The van der Waals surface area contributed by atoms with Crippen LogP contribution in [0.5, 0.6) is 5.75 Å². The van der Waals surface area contributed by atoms with Crippen molar-refractivity contribution < 1.29 is 14.9 Å². The van der Waals surface area contributed by atoms with E-state index in [2.05, 4.69) is 6.92 Å². The molecule has 4 rings (SSSR count). The summed E-state index contributed by atoms with van der Waals surface area (Å²) in [6.45, 7) is 2.22. The van der Waals surface area contributed by atoms with Gasteiger partial charge in [-0.15, -0.1) is 0 Å². The molecule has 1 aromatic rings. The lowest BCUT2D eigenvalue weighted by Crippen LogP contribution is -2.40. The summed E-state index contributed by atoms with van der Waals surface area (Å²) in [4.78, 5) is 0. The molecule has 19 heavy (non-hydrogen) atoms. The van der Waals surface area contributed by atoms with Gasteiger partial charge in [0.15, 0.2) is 0 Å². The lowest BCUT2D eigenvalue weighted by molar-refractivity contribution is 0.0142. The predicted octanol–water partition coefficient (Wildman–Crippen LogP) is 2.56. The van der Waals surface area contributed by atoms with Gasteiger partial charge >= 0.3 is 0 Å². The summed E-state index contributed by atoms with van der Waals surface area (Å²) in [7, 11) is 0. The molecular formula is C16H20O3. The van der Waals surface area contributed by atoms with Gasteiger partial charge in [-0.3, -0.25) is 0 Å². The minimum Gasteiger partial charge on any atom is -0.508 e. The van der Waals surface area contributed by atoms with Crippen LogP contribution in [0.25, 0.3) is 0 Å². The molecule has 0 radical (unpaired) electrons. The Morgan fingerprint density at radius 3 is 2.63 bits per heavy atom. The molecule has 2 saturated carbocycles. The van der Waals surface area contributed by atoms with E-state index >= 15 is 0 Å². The van der Waals surface area contributed by atoms with Crippen molar-refractivity contribution >= 4 is 0 Å². The molecule has 5 atom stereocenters. The van der Waals surface area contributed by atoms with Gasteiger partial charge < -0.3 is 14.9 Å². The summed E-state index contributed by atoms with van der Waals surface area (Å²) >= 11 is 0. The number of fused-ring (bicyclic) bond motifs is 2. The van der Waals surface area contributed by atoms with Crippen LogP contribution in [-0.2, 0) is 10.3 Å². The van der Waals surface area contributed by atoms with E-state index in [1.165, 1.54) is 5.56 Å². The largest absolute Gasteiger partial charge is 0.508 e. The fourth-order valence-corrected chi connectivity index (χ4v) is 4.42. The number of benzene rings is 1. The third kappa shape index (κ3) is 1.46. The number of ether oxygens (including phenoxy) is 1. The highest BCUT2D eigenvalue weighted by atomic mass is 16.6. The summed E-state index contributed by atoms with van der Waals surface area (Å²) in [6.07, 6.45) is 4.08. The molecule has 0 bridgehead atoms. The van der Waals surface area contributed by atoms with Crippen molar-refractivity contribution in [2.45, 2.75) is 50.4 Å². The van der Waals surface area contributed by atoms with Crippen molar-refractivity contribution in [3.8, 4) is 5.75 Å². The van der Waals surface area contributed by atoms with Crippen molar-refractivity contribution in [2.24, 2.45) is 11.3 Å². The Labute approximate surface area is 113 Å². The molecule has 3 fully saturated rings. The fraction of sp³-hybridized carbons (Fsp3) is 0.625. The molecule has 2 aliphatic carbocycles. The number of hydrogen-bond acceptors (Lipinski definition) is 3. The van der Waals surface area contributed by atoms with Gasteiger partial charge in [0.25, 0.3) is 0 Å². The van der Waals surface area contributed by atoms with E-state index in [0.717, 1.165) is 25.7 Å². The van der Waals surface area contributed by atoms with Crippen LogP contribution in [0, 0.1) is 11.3 Å². The highest BCUT2D eigenvalue weighted by Crippen LogP contribution is 2.65. The molecule has 1 saturated heterocycles. The molecule has 5 unspecified atom stereocenters.